The Morgan fingerprint density at radius 1 is 1.35 bits per heavy atom. The van der Waals surface area contributed by atoms with E-state index in [1.807, 2.05) is 0 Å². The normalized spacial score (nSPS) is 18.6. The average Bonchev–Trinajstić information content (AvgIpc) is 2.74. The van der Waals surface area contributed by atoms with Crippen molar-refractivity contribution in [3.8, 4) is 0 Å². The Morgan fingerprint density at radius 3 is 2.59 bits per heavy atom. The van der Waals surface area contributed by atoms with Gasteiger partial charge in [0, 0.05) is 16.7 Å². The number of nitrogens with two attached hydrogens (primary N) is 1. The van der Waals surface area contributed by atoms with Crippen molar-refractivity contribution in [1.82, 2.24) is 0 Å². The summed E-state index contributed by atoms with van der Waals surface area (Å²) < 4.78 is 1.21. The van der Waals surface area contributed by atoms with Gasteiger partial charge in [-0.1, -0.05) is 13.8 Å². The van der Waals surface area contributed by atoms with Crippen molar-refractivity contribution in [2.24, 2.45) is 5.41 Å². The molecule has 17 heavy (non-hydrogen) atoms. The molecule has 0 aliphatic carbocycles. The molecule has 2 N–H and O–H groups in total. The molecule has 1 aliphatic rings. The Morgan fingerprint density at radius 2 is 2.06 bits per heavy atom. The van der Waals surface area contributed by atoms with E-state index in [2.05, 4.69) is 59.5 Å². The molecule has 1 aromatic rings. The lowest BCUT2D eigenvalue weighted by molar-refractivity contribution is 0.301. The van der Waals surface area contributed by atoms with Crippen LogP contribution in [-0.2, 0) is 0 Å². The van der Waals surface area contributed by atoms with E-state index in [4.69, 9.17) is 5.73 Å². The molecular formula is C14H21IN2. The van der Waals surface area contributed by atoms with Gasteiger partial charge in [-0.3, -0.25) is 0 Å². The molecule has 2 nitrogen and oxygen atoms in total. The van der Waals surface area contributed by atoms with E-state index >= 15 is 0 Å². The number of benzene rings is 1. The molecule has 3 heteroatoms. The molecule has 1 fully saturated rings. The Bertz CT molecular complexity index is 399. The first-order chi connectivity index (χ1) is 8.10. The van der Waals surface area contributed by atoms with Gasteiger partial charge in [-0.2, -0.15) is 0 Å². The third-order valence-electron chi connectivity index (χ3n) is 4.27. The minimum Gasteiger partial charge on any atom is -0.397 e. The first-order valence-corrected chi connectivity index (χ1v) is 7.48. The smallest absolute Gasteiger partial charge is 0.0600 e. The van der Waals surface area contributed by atoms with E-state index in [1.54, 1.807) is 0 Å². The van der Waals surface area contributed by atoms with E-state index in [0.717, 1.165) is 18.8 Å². The standard InChI is InChI=1S/C14H21IN2/c1-3-14(4-2)7-8-17(10-14)13-6-5-11(15)9-12(13)16/h5-6,9H,3-4,7-8,10,16H2,1-2H3. The second-order valence-electron chi connectivity index (χ2n) is 5.08. The highest BCUT2D eigenvalue weighted by Gasteiger charge is 2.35. The summed E-state index contributed by atoms with van der Waals surface area (Å²) in [6.45, 7) is 6.92. The Balaban J connectivity index is 2.20. The summed E-state index contributed by atoms with van der Waals surface area (Å²) in [5, 5.41) is 0. The van der Waals surface area contributed by atoms with Crippen LogP contribution in [0.1, 0.15) is 33.1 Å². The van der Waals surface area contributed by atoms with Crippen LogP contribution in [-0.4, -0.2) is 13.1 Å². The van der Waals surface area contributed by atoms with Crippen molar-refractivity contribution in [1.29, 1.82) is 0 Å². The van der Waals surface area contributed by atoms with Crippen molar-refractivity contribution >= 4 is 34.0 Å². The lowest BCUT2D eigenvalue weighted by Gasteiger charge is -2.27. The van der Waals surface area contributed by atoms with Crippen LogP contribution in [0.5, 0.6) is 0 Å². The Kier molecular flexibility index (Phi) is 3.85. The molecule has 0 saturated carbocycles. The van der Waals surface area contributed by atoms with Crippen molar-refractivity contribution < 1.29 is 0 Å². The minimum atomic E-state index is 0.509. The summed E-state index contributed by atoms with van der Waals surface area (Å²) in [5.41, 5.74) is 8.77. The second-order valence-corrected chi connectivity index (χ2v) is 6.33. The fraction of sp³-hybridized carbons (Fsp3) is 0.571. The van der Waals surface area contributed by atoms with E-state index in [9.17, 15) is 0 Å². The lowest BCUT2D eigenvalue weighted by atomic mass is 9.82. The number of anilines is 2. The van der Waals surface area contributed by atoms with Crippen LogP contribution in [0.15, 0.2) is 18.2 Å². The van der Waals surface area contributed by atoms with E-state index in [0.29, 0.717) is 5.41 Å². The number of hydrogen-bond donors (Lipinski definition) is 1. The summed E-state index contributed by atoms with van der Waals surface area (Å²) in [6, 6.07) is 6.37. The first kappa shape index (κ1) is 13.0. The fourth-order valence-electron chi connectivity index (χ4n) is 2.78. The number of halogens is 1. The average molecular weight is 344 g/mol. The minimum absolute atomic E-state index is 0.509. The van der Waals surface area contributed by atoms with Gasteiger partial charge in [0.05, 0.1) is 11.4 Å². The lowest BCUT2D eigenvalue weighted by Crippen LogP contribution is -2.26. The maximum absolute atomic E-state index is 6.13. The number of rotatable bonds is 3. The molecule has 1 aromatic carbocycles. The topological polar surface area (TPSA) is 29.3 Å². The highest BCUT2D eigenvalue weighted by Crippen LogP contribution is 2.40. The van der Waals surface area contributed by atoms with Crippen LogP contribution < -0.4 is 10.6 Å². The van der Waals surface area contributed by atoms with Gasteiger partial charge in [0.2, 0.25) is 0 Å². The van der Waals surface area contributed by atoms with Gasteiger partial charge < -0.3 is 10.6 Å². The zero-order valence-electron chi connectivity index (χ0n) is 10.7. The molecule has 0 radical (unpaired) electrons. The van der Waals surface area contributed by atoms with E-state index < -0.39 is 0 Å². The number of nitrogen functional groups attached to an aromatic ring is 1. The highest BCUT2D eigenvalue weighted by molar-refractivity contribution is 14.1. The van der Waals surface area contributed by atoms with Gasteiger partial charge in [0.1, 0.15) is 0 Å². The van der Waals surface area contributed by atoms with Crippen LogP contribution in [0, 0.1) is 8.99 Å². The van der Waals surface area contributed by atoms with E-state index in [-0.39, 0.29) is 0 Å². The van der Waals surface area contributed by atoms with Gasteiger partial charge >= 0.3 is 0 Å². The molecule has 0 spiro atoms. The van der Waals surface area contributed by atoms with Crippen LogP contribution >= 0.6 is 22.6 Å². The molecule has 1 aliphatic heterocycles. The monoisotopic (exact) mass is 344 g/mol. The zero-order valence-corrected chi connectivity index (χ0v) is 12.8. The van der Waals surface area contributed by atoms with Gasteiger partial charge in [-0.25, -0.2) is 0 Å². The maximum atomic E-state index is 6.13. The number of hydrogen-bond acceptors (Lipinski definition) is 2. The molecule has 0 unspecified atom stereocenters. The van der Waals surface area contributed by atoms with Gasteiger partial charge in [0.25, 0.3) is 0 Å². The summed E-state index contributed by atoms with van der Waals surface area (Å²) in [7, 11) is 0. The molecule has 1 saturated heterocycles. The largest absolute Gasteiger partial charge is 0.397 e. The number of nitrogens with zero attached hydrogens (tertiary/aromatic N) is 1. The van der Waals surface area contributed by atoms with Gasteiger partial charge in [-0.05, 0) is 65.5 Å². The van der Waals surface area contributed by atoms with Gasteiger partial charge in [0.15, 0.2) is 0 Å². The van der Waals surface area contributed by atoms with Crippen LogP contribution in [0.4, 0.5) is 11.4 Å². The summed E-state index contributed by atoms with van der Waals surface area (Å²) in [6.07, 6.45) is 3.83. The molecule has 0 aromatic heterocycles. The van der Waals surface area contributed by atoms with Crippen molar-refractivity contribution in [2.75, 3.05) is 23.7 Å². The highest BCUT2D eigenvalue weighted by atomic mass is 127. The van der Waals surface area contributed by atoms with Crippen LogP contribution in [0.3, 0.4) is 0 Å². The molecule has 0 atom stereocenters. The summed E-state index contributed by atoms with van der Waals surface area (Å²) in [4.78, 5) is 2.46. The maximum Gasteiger partial charge on any atom is 0.0600 e. The third-order valence-corrected chi connectivity index (χ3v) is 4.94. The third kappa shape index (κ3) is 2.54. The van der Waals surface area contributed by atoms with Crippen LogP contribution in [0.2, 0.25) is 0 Å². The SMILES string of the molecule is CCC1(CC)CCN(c2ccc(I)cc2N)C1. The molecule has 94 valence electrons. The van der Waals surface area contributed by atoms with Crippen molar-refractivity contribution in [3.63, 3.8) is 0 Å². The molecule has 0 amide bonds. The summed E-state index contributed by atoms with van der Waals surface area (Å²) in [5.74, 6) is 0. The molecular weight excluding hydrogens is 323 g/mol. The Labute approximate surface area is 118 Å². The van der Waals surface area contributed by atoms with Gasteiger partial charge in [-0.15, -0.1) is 0 Å². The zero-order chi connectivity index (χ0) is 12.5. The Hall–Kier alpha value is -0.450. The molecule has 2 rings (SSSR count). The fourth-order valence-corrected chi connectivity index (χ4v) is 3.30. The predicted molar refractivity (Wildman–Crippen MR) is 83.4 cm³/mol. The first-order valence-electron chi connectivity index (χ1n) is 6.40. The molecule has 1 heterocycles. The quantitative estimate of drug-likeness (QED) is 0.666. The van der Waals surface area contributed by atoms with Crippen LogP contribution in [0.25, 0.3) is 0 Å². The van der Waals surface area contributed by atoms with E-state index in [1.165, 1.54) is 28.5 Å². The summed E-state index contributed by atoms with van der Waals surface area (Å²) >= 11 is 2.31. The van der Waals surface area contributed by atoms with Crippen molar-refractivity contribution in [3.05, 3.63) is 21.8 Å². The van der Waals surface area contributed by atoms with Crippen molar-refractivity contribution in [2.45, 2.75) is 33.1 Å². The molecule has 0 bridgehead atoms. The predicted octanol–water partition coefficient (Wildman–Crippen LogP) is 3.89. The second kappa shape index (κ2) is 5.04.